The molecule has 3 aliphatic heterocycles. The largest absolute Gasteiger partial charge is 0.465 e. The number of amides is 2. The summed E-state index contributed by atoms with van der Waals surface area (Å²) in [6.45, 7) is 22.3. The van der Waals surface area contributed by atoms with Gasteiger partial charge in [0, 0.05) is 12.1 Å². The smallest absolute Gasteiger partial charge is 0.312 e. The van der Waals surface area contributed by atoms with Crippen molar-refractivity contribution in [2.45, 2.75) is 109 Å². The summed E-state index contributed by atoms with van der Waals surface area (Å²) < 4.78 is 12.7. The van der Waals surface area contributed by atoms with Crippen molar-refractivity contribution >= 4 is 17.8 Å². The summed E-state index contributed by atoms with van der Waals surface area (Å²) in [5.41, 5.74) is -2.20. The Bertz CT molecular complexity index is 1270. The third-order valence-corrected chi connectivity index (χ3v) is 10.3. The lowest BCUT2D eigenvalue weighted by Gasteiger charge is -2.46. The van der Waals surface area contributed by atoms with Crippen LogP contribution in [0.1, 0.15) is 92.2 Å². The van der Waals surface area contributed by atoms with Gasteiger partial charge in [0.05, 0.1) is 30.8 Å². The van der Waals surface area contributed by atoms with E-state index in [1.165, 1.54) is 4.90 Å². The maximum absolute atomic E-state index is 15.2. The number of aliphatic hydroxyl groups is 1. The fourth-order valence-corrected chi connectivity index (χ4v) is 8.64. The zero-order valence-electron chi connectivity index (χ0n) is 28.4. The van der Waals surface area contributed by atoms with Crippen LogP contribution in [0.15, 0.2) is 55.6 Å². The van der Waals surface area contributed by atoms with Crippen molar-refractivity contribution in [1.82, 2.24) is 9.80 Å². The molecule has 1 spiro atoms. The van der Waals surface area contributed by atoms with E-state index in [0.29, 0.717) is 24.8 Å². The number of carbonyl (C=O) groups is 3. The Morgan fingerprint density at radius 3 is 2.40 bits per heavy atom. The van der Waals surface area contributed by atoms with Gasteiger partial charge in [0.25, 0.3) is 0 Å². The Morgan fingerprint density at radius 2 is 1.82 bits per heavy atom. The van der Waals surface area contributed by atoms with E-state index in [1.807, 2.05) is 69.0 Å². The minimum atomic E-state index is -1.26. The zero-order chi connectivity index (χ0) is 33.4. The number of esters is 1. The van der Waals surface area contributed by atoms with Gasteiger partial charge in [0.2, 0.25) is 11.8 Å². The van der Waals surface area contributed by atoms with Gasteiger partial charge in [-0.1, -0.05) is 70.2 Å². The molecule has 3 unspecified atom stereocenters. The molecule has 4 rings (SSSR count). The lowest BCUT2D eigenvalue weighted by molar-refractivity contribution is -0.165. The van der Waals surface area contributed by atoms with E-state index < -0.39 is 46.6 Å². The quantitative estimate of drug-likeness (QED) is 0.159. The van der Waals surface area contributed by atoms with Gasteiger partial charge in [-0.05, 0) is 69.8 Å². The van der Waals surface area contributed by atoms with Gasteiger partial charge in [-0.3, -0.25) is 14.4 Å². The van der Waals surface area contributed by atoms with Gasteiger partial charge in [0.15, 0.2) is 0 Å². The van der Waals surface area contributed by atoms with Crippen molar-refractivity contribution in [3.8, 4) is 0 Å². The Morgan fingerprint density at radius 1 is 1.16 bits per heavy atom. The summed E-state index contributed by atoms with van der Waals surface area (Å²) in [5.74, 6) is -2.99. The number of ether oxygens (including phenoxy) is 2. The fourth-order valence-electron chi connectivity index (χ4n) is 8.64. The molecule has 8 nitrogen and oxygen atoms in total. The minimum absolute atomic E-state index is 0.0856. The SMILES string of the molecule is C=CCCCCOC(=O)[C@@H]1[C@H]2C(=O)N([C@H](CO)c3ccccc3)C(C(=O)N(CC=C)C(C)(C)CC(C)(C)C)C23CC(C)[C@@]1(C)O3. The highest BCUT2D eigenvalue weighted by Gasteiger charge is 2.81. The normalized spacial score (nSPS) is 29.8. The highest BCUT2D eigenvalue weighted by molar-refractivity contribution is 5.99. The van der Waals surface area contributed by atoms with E-state index >= 15 is 4.79 Å². The molecule has 0 radical (unpaired) electrons. The number of allylic oxidation sites excluding steroid dienone is 1. The molecule has 2 amide bonds. The number of unbranched alkanes of at least 4 members (excludes halogenated alkanes) is 2. The molecule has 3 fully saturated rings. The first-order valence-electron chi connectivity index (χ1n) is 16.5. The Balaban J connectivity index is 1.84. The van der Waals surface area contributed by atoms with Crippen molar-refractivity contribution in [2.75, 3.05) is 19.8 Å². The Labute approximate surface area is 269 Å². The first-order valence-corrected chi connectivity index (χ1v) is 16.5. The molecule has 0 saturated carbocycles. The summed E-state index contributed by atoms with van der Waals surface area (Å²) in [6, 6.07) is 7.42. The average molecular weight is 623 g/mol. The molecular weight excluding hydrogens is 568 g/mol. The monoisotopic (exact) mass is 622 g/mol. The molecule has 45 heavy (non-hydrogen) atoms. The second kappa shape index (κ2) is 13.0. The van der Waals surface area contributed by atoms with Crippen LogP contribution < -0.4 is 0 Å². The molecule has 1 aromatic carbocycles. The number of likely N-dealkylation sites (tertiary alicyclic amines) is 1. The van der Waals surface area contributed by atoms with Crippen LogP contribution in [0.2, 0.25) is 0 Å². The lowest BCUT2D eigenvalue weighted by Crippen LogP contribution is -2.61. The molecule has 8 heteroatoms. The average Bonchev–Trinajstić information content (AvgIpc) is 3.47. The van der Waals surface area contributed by atoms with Crippen molar-refractivity contribution in [2.24, 2.45) is 23.2 Å². The van der Waals surface area contributed by atoms with Gasteiger partial charge < -0.3 is 24.4 Å². The van der Waals surface area contributed by atoms with Crippen LogP contribution in [0.25, 0.3) is 0 Å². The van der Waals surface area contributed by atoms with Gasteiger partial charge >= 0.3 is 5.97 Å². The molecule has 1 aromatic rings. The van der Waals surface area contributed by atoms with Gasteiger partial charge in [-0.2, -0.15) is 0 Å². The van der Waals surface area contributed by atoms with Crippen molar-refractivity contribution in [3.63, 3.8) is 0 Å². The fraction of sp³-hybridized carbons (Fsp3) is 0.649. The van der Waals surface area contributed by atoms with Crippen LogP contribution in [0.5, 0.6) is 0 Å². The minimum Gasteiger partial charge on any atom is -0.465 e. The number of hydrogen-bond donors (Lipinski definition) is 1. The summed E-state index contributed by atoms with van der Waals surface area (Å²) in [7, 11) is 0. The highest BCUT2D eigenvalue weighted by atomic mass is 16.6. The summed E-state index contributed by atoms with van der Waals surface area (Å²) in [6.07, 6.45) is 7.05. The first kappa shape index (κ1) is 34.9. The van der Waals surface area contributed by atoms with E-state index in [0.717, 1.165) is 12.8 Å². The molecule has 1 N–H and O–H groups in total. The van der Waals surface area contributed by atoms with E-state index in [1.54, 1.807) is 6.08 Å². The molecule has 3 saturated heterocycles. The lowest BCUT2D eigenvalue weighted by atomic mass is 9.62. The number of benzene rings is 1. The summed E-state index contributed by atoms with van der Waals surface area (Å²) in [5, 5.41) is 10.8. The maximum Gasteiger partial charge on any atom is 0.312 e. The van der Waals surface area contributed by atoms with E-state index in [2.05, 4.69) is 33.9 Å². The van der Waals surface area contributed by atoms with Crippen LogP contribution >= 0.6 is 0 Å². The van der Waals surface area contributed by atoms with Gasteiger partial charge in [-0.25, -0.2) is 0 Å². The van der Waals surface area contributed by atoms with Crippen LogP contribution in [0, 0.1) is 23.2 Å². The van der Waals surface area contributed by atoms with Crippen molar-refractivity contribution in [3.05, 3.63) is 61.2 Å². The topological polar surface area (TPSA) is 96.4 Å². The van der Waals surface area contributed by atoms with Gasteiger partial charge in [-0.15, -0.1) is 13.2 Å². The van der Waals surface area contributed by atoms with Crippen LogP contribution in [0.3, 0.4) is 0 Å². The second-order valence-corrected chi connectivity index (χ2v) is 15.3. The van der Waals surface area contributed by atoms with Crippen LogP contribution in [0.4, 0.5) is 0 Å². The van der Waals surface area contributed by atoms with E-state index in [4.69, 9.17) is 9.47 Å². The maximum atomic E-state index is 15.2. The summed E-state index contributed by atoms with van der Waals surface area (Å²) >= 11 is 0. The Hall–Kier alpha value is -2.97. The third kappa shape index (κ3) is 6.25. The zero-order valence-corrected chi connectivity index (χ0v) is 28.4. The molecule has 0 aromatic heterocycles. The molecule has 7 atom stereocenters. The van der Waals surface area contributed by atoms with Crippen molar-refractivity contribution in [1.29, 1.82) is 0 Å². The van der Waals surface area contributed by atoms with Crippen molar-refractivity contribution < 1.29 is 29.0 Å². The number of nitrogens with zero attached hydrogens (tertiary/aromatic N) is 2. The summed E-state index contributed by atoms with van der Waals surface area (Å²) in [4.78, 5) is 47.2. The molecule has 2 bridgehead atoms. The molecule has 0 aliphatic carbocycles. The van der Waals surface area contributed by atoms with E-state index in [-0.39, 0.29) is 42.9 Å². The van der Waals surface area contributed by atoms with Gasteiger partial charge in [0.1, 0.15) is 17.6 Å². The number of rotatable bonds is 14. The number of carbonyl (C=O) groups excluding carboxylic acids is 3. The third-order valence-electron chi connectivity index (χ3n) is 10.3. The second-order valence-electron chi connectivity index (χ2n) is 15.3. The first-order chi connectivity index (χ1) is 21.1. The molecule has 3 aliphatic rings. The highest BCUT2D eigenvalue weighted by Crippen LogP contribution is 2.66. The molecular formula is C37H54N2O6. The van der Waals surface area contributed by atoms with E-state index in [9.17, 15) is 14.7 Å². The van der Waals surface area contributed by atoms with Crippen LogP contribution in [-0.2, 0) is 23.9 Å². The molecule has 3 heterocycles. The van der Waals surface area contributed by atoms with Crippen LogP contribution in [-0.4, -0.2) is 75.2 Å². The number of hydrogen-bond acceptors (Lipinski definition) is 6. The predicted molar refractivity (Wildman–Crippen MR) is 175 cm³/mol. The number of fused-ring (bicyclic) bond motifs is 1. The Kier molecular flexibility index (Phi) is 10.1. The predicted octanol–water partition coefficient (Wildman–Crippen LogP) is 5.86. The molecule has 248 valence electrons. The standard InChI is InChI=1S/C37H54N2O6/c1-10-12-13-17-21-44-33(43)29-28-31(41)39(27(23-40)26-18-15-14-16-19-26)30(37(28)22-25(3)36(29,9)45-37)32(42)38(20-11-2)35(7,8)24-34(4,5)6/h10-11,14-16,18-19,25,27-30,40H,1-2,12-13,17,20-24H2,3-9H3/t25?,27-,28+,29+,30?,36-,37?/m1/s1. The number of aliphatic hydroxyl groups excluding tert-OH is 1.